The highest BCUT2D eigenvalue weighted by Gasteiger charge is 2.20. The number of nitrogens with zero attached hydrogens (tertiary/aromatic N) is 3. The van der Waals surface area contributed by atoms with Gasteiger partial charge in [0.15, 0.2) is 23.1 Å². The maximum absolute atomic E-state index is 13.9. The molecule has 0 aromatic heterocycles. The van der Waals surface area contributed by atoms with Gasteiger partial charge in [0.2, 0.25) is 0 Å². The van der Waals surface area contributed by atoms with Gasteiger partial charge in [-0.05, 0) is 50.0 Å². The van der Waals surface area contributed by atoms with Crippen LogP contribution in [0.15, 0.2) is 70.3 Å². The molecule has 10 heteroatoms. The second-order valence-corrected chi connectivity index (χ2v) is 8.20. The fourth-order valence-corrected chi connectivity index (χ4v) is 3.41. The van der Waals surface area contributed by atoms with Crippen molar-refractivity contribution >= 4 is 30.0 Å². The molecule has 2 aromatic carbocycles. The highest BCUT2D eigenvalue weighted by atomic mass is 19.3. The smallest absolute Gasteiger partial charge is 0.387 e. The molecule has 3 rings (SSSR count). The predicted molar refractivity (Wildman–Crippen MR) is 140 cm³/mol. The number of rotatable bonds is 12. The van der Waals surface area contributed by atoms with Gasteiger partial charge >= 0.3 is 6.61 Å². The molecule has 0 radical (unpaired) electrons. The first-order valence-corrected chi connectivity index (χ1v) is 11.8. The largest absolute Gasteiger partial charge is 0.489 e. The third-order valence-corrected chi connectivity index (χ3v) is 5.51. The van der Waals surface area contributed by atoms with Crippen molar-refractivity contribution in [2.75, 3.05) is 11.9 Å². The lowest BCUT2D eigenvalue weighted by Gasteiger charge is -2.26. The third-order valence-electron chi connectivity index (χ3n) is 5.51. The first-order valence-electron chi connectivity index (χ1n) is 11.8. The fraction of sp³-hybridized carbons (Fsp3) is 0.250. The van der Waals surface area contributed by atoms with Crippen molar-refractivity contribution in [1.29, 1.82) is 5.26 Å². The van der Waals surface area contributed by atoms with E-state index in [1.807, 2.05) is 6.07 Å². The molecule has 6 nitrogen and oxygen atoms in total. The Labute approximate surface area is 218 Å². The lowest BCUT2D eigenvalue weighted by Crippen LogP contribution is -2.20. The molecule has 38 heavy (non-hydrogen) atoms. The molecule has 0 bridgehead atoms. The van der Waals surface area contributed by atoms with E-state index >= 15 is 0 Å². The molecule has 1 N–H and O–H groups in total. The summed E-state index contributed by atoms with van der Waals surface area (Å²) in [7, 11) is 0. The monoisotopic (exact) mass is 526 g/mol. The maximum atomic E-state index is 13.9. The Kier molecular flexibility index (Phi) is 10.7. The number of hydrogen-bond donors (Lipinski definition) is 1. The van der Waals surface area contributed by atoms with Gasteiger partial charge in [-0.3, -0.25) is 4.99 Å². The van der Waals surface area contributed by atoms with Crippen molar-refractivity contribution in [3.05, 3.63) is 77.5 Å². The maximum Gasteiger partial charge on any atom is 0.387 e. The number of halogens is 4. The van der Waals surface area contributed by atoms with E-state index in [9.17, 15) is 17.6 Å². The number of nitriles is 1. The van der Waals surface area contributed by atoms with Crippen molar-refractivity contribution < 1.29 is 27.0 Å². The quantitative estimate of drug-likeness (QED) is 0.102. The van der Waals surface area contributed by atoms with Crippen LogP contribution in [0.5, 0.6) is 11.5 Å². The molecule has 0 aliphatic heterocycles. The van der Waals surface area contributed by atoms with E-state index in [2.05, 4.69) is 20.0 Å². The van der Waals surface area contributed by atoms with Gasteiger partial charge in [-0.15, -0.1) is 0 Å². The summed E-state index contributed by atoms with van der Waals surface area (Å²) in [4.78, 5) is 8.10. The Morgan fingerprint density at radius 2 is 2.03 bits per heavy atom. The normalized spacial score (nSPS) is 14.6. The van der Waals surface area contributed by atoms with E-state index in [0.717, 1.165) is 31.4 Å². The minimum Gasteiger partial charge on any atom is -0.489 e. The van der Waals surface area contributed by atoms with Crippen LogP contribution in [-0.2, 0) is 0 Å². The van der Waals surface area contributed by atoms with Gasteiger partial charge in [0.05, 0.1) is 29.9 Å². The van der Waals surface area contributed by atoms with Crippen LogP contribution in [0.1, 0.15) is 31.7 Å². The average molecular weight is 527 g/mol. The van der Waals surface area contributed by atoms with E-state index < -0.39 is 18.2 Å². The number of para-hydroxylation sites is 1. The van der Waals surface area contributed by atoms with Crippen LogP contribution in [0.2, 0.25) is 0 Å². The minimum atomic E-state index is -3.00. The SMILES string of the molecule is C/C=C\C(C#N)=C/N=CNc1cc(F)c(F)cc1N=C/C=C/c1cccc(OC(F)F)c1OCC1CCC1. The van der Waals surface area contributed by atoms with Gasteiger partial charge in [-0.1, -0.05) is 24.6 Å². The predicted octanol–water partition coefficient (Wildman–Crippen LogP) is 7.58. The summed E-state index contributed by atoms with van der Waals surface area (Å²) in [5, 5.41) is 11.7. The van der Waals surface area contributed by atoms with Gasteiger partial charge in [-0.25, -0.2) is 13.8 Å². The lowest BCUT2D eigenvalue weighted by atomic mass is 9.86. The van der Waals surface area contributed by atoms with E-state index in [1.165, 1.54) is 30.9 Å². The number of nitrogens with one attached hydrogen (secondary N) is 1. The zero-order valence-corrected chi connectivity index (χ0v) is 20.6. The summed E-state index contributed by atoms with van der Waals surface area (Å²) >= 11 is 0. The molecule has 0 heterocycles. The Balaban J connectivity index is 1.79. The average Bonchev–Trinajstić information content (AvgIpc) is 2.86. The summed E-state index contributed by atoms with van der Waals surface area (Å²) < 4.78 is 63.9. The topological polar surface area (TPSA) is 79.0 Å². The van der Waals surface area contributed by atoms with Crippen molar-refractivity contribution in [2.24, 2.45) is 15.9 Å². The van der Waals surface area contributed by atoms with E-state index in [1.54, 1.807) is 37.3 Å². The van der Waals surface area contributed by atoms with Crippen LogP contribution >= 0.6 is 0 Å². The van der Waals surface area contributed by atoms with Crippen molar-refractivity contribution in [2.45, 2.75) is 32.8 Å². The van der Waals surface area contributed by atoms with Crippen molar-refractivity contribution in [1.82, 2.24) is 0 Å². The molecule has 0 atom stereocenters. The molecule has 0 saturated heterocycles. The van der Waals surface area contributed by atoms with Gasteiger partial charge in [-0.2, -0.15) is 14.0 Å². The van der Waals surface area contributed by atoms with Gasteiger partial charge < -0.3 is 14.8 Å². The molecule has 1 saturated carbocycles. The number of allylic oxidation sites excluding steroid dienone is 4. The molecule has 1 aliphatic carbocycles. The molecule has 1 aliphatic rings. The highest BCUT2D eigenvalue weighted by molar-refractivity contribution is 5.87. The van der Waals surface area contributed by atoms with Crippen molar-refractivity contribution in [3.8, 4) is 17.6 Å². The summed E-state index contributed by atoms with van der Waals surface area (Å²) in [5.41, 5.74) is 1.01. The zero-order valence-electron chi connectivity index (χ0n) is 20.6. The summed E-state index contributed by atoms with van der Waals surface area (Å²) in [6.45, 7) is -0.858. The third kappa shape index (κ3) is 8.34. The second kappa shape index (κ2) is 14.4. The first kappa shape index (κ1) is 28.2. The number of benzene rings is 2. The molecule has 0 unspecified atom stereocenters. The van der Waals surface area contributed by atoms with E-state index in [-0.39, 0.29) is 22.9 Å². The summed E-state index contributed by atoms with van der Waals surface area (Å²) in [6, 6.07) is 8.43. The second-order valence-electron chi connectivity index (χ2n) is 8.20. The van der Waals surface area contributed by atoms with Crippen molar-refractivity contribution in [3.63, 3.8) is 0 Å². The van der Waals surface area contributed by atoms with Crippen LogP contribution in [0.25, 0.3) is 6.08 Å². The number of hydrogen-bond acceptors (Lipinski definition) is 5. The van der Waals surface area contributed by atoms with Crippen LogP contribution in [0, 0.1) is 28.9 Å². The molecular formula is C28H26F4N4O2. The molecule has 0 amide bonds. The summed E-state index contributed by atoms with van der Waals surface area (Å²) in [5.74, 6) is -1.68. The highest BCUT2D eigenvalue weighted by Crippen LogP contribution is 2.35. The lowest BCUT2D eigenvalue weighted by molar-refractivity contribution is -0.0517. The number of ether oxygens (including phenoxy) is 2. The van der Waals surface area contributed by atoms with Crippen LogP contribution in [-0.4, -0.2) is 25.8 Å². The molecule has 1 fully saturated rings. The van der Waals surface area contributed by atoms with Crippen LogP contribution in [0.3, 0.4) is 0 Å². The van der Waals surface area contributed by atoms with Crippen LogP contribution in [0.4, 0.5) is 28.9 Å². The van der Waals surface area contributed by atoms with Crippen LogP contribution < -0.4 is 14.8 Å². The molecular weight excluding hydrogens is 500 g/mol. The minimum absolute atomic E-state index is 0.0761. The number of anilines is 1. The zero-order chi connectivity index (χ0) is 27.3. The van der Waals surface area contributed by atoms with Gasteiger partial charge in [0.25, 0.3) is 0 Å². The van der Waals surface area contributed by atoms with E-state index in [4.69, 9.17) is 10.00 Å². The number of aliphatic imine (C=N–C) groups is 2. The first-order chi connectivity index (χ1) is 18.4. The molecule has 198 valence electrons. The Hall–Kier alpha value is -4.39. The van der Waals surface area contributed by atoms with E-state index in [0.29, 0.717) is 23.7 Å². The Morgan fingerprint density at radius 1 is 1.24 bits per heavy atom. The molecule has 2 aromatic rings. The van der Waals surface area contributed by atoms with Gasteiger partial charge in [0, 0.05) is 30.1 Å². The standard InChI is InChI=1S/C28H26F4N4O2/c1-2-6-20(15-33)16-34-18-36-25-14-23(30)22(29)13-24(25)35-12-5-10-21-9-4-11-26(38-28(31)32)27(21)37-17-19-7-3-8-19/h2,4-6,9-14,16,18-19,28H,3,7-8,17H2,1H3,(H,34,36)/b6-2-,10-5+,20-16+,35-12?. The Bertz CT molecular complexity index is 1290. The Morgan fingerprint density at radius 3 is 2.71 bits per heavy atom. The fourth-order valence-electron chi connectivity index (χ4n) is 3.41. The number of alkyl halides is 2. The summed E-state index contributed by atoms with van der Waals surface area (Å²) in [6.07, 6.45) is 13.4. The van der Waals surface area contributed by atoms with Gasteiger partial charge in [0.1, 0.15) is 6.07 Å². The molecule has 0 spiro atoms.